The van der Waals surface area contributed by atoms with Gasteiger partial charge in [0, 0.05) is 19.3 Å². The highest BCUT2D eigenvalue weighted by atomic mass is 16.6. The van der Waals surface area contributed by atoms with Crippen molar-refractivity contribution in [2.24, 2.45) is 17.8 Å². The molecule has 0 saturated heterocycles. The number of ether oxygens (including phenoxy) is 3. The second-order valence-electron chi connectivity index (χ2n) is 24.9. The topological polar surface area (TPSA) is 78.9 Å². The molecule has 0 rings (SSSR count). The molecular weight excluding hydrogens is 913 g/mol. The maximum absolute atomic E-state index is 12.9. The van der Waals surface area contributed by atoms with E-state index in [2.05, 4.69) is 41.5 Å². The SMILES string of the molecule is CC(C)CCCCCCCCCCCCCCCCCCCCC(=O)OC[C@@H](COC(=O)CCCCCCCCCCCCCCCCC(C)C)OC(=O)CCCCCCCCCCCCCCCCCC(C)C. The van der Waals surface area contributed by atoms with E-state index in [1.807, 2.05) is 0 Å². The first-order valence-corrected chi connectivity index (χ1v) is 33.6. The van der Waals surface area contributed by atoms with E-state index in [1.54, 1.807) is 0 Å². The Morgan fingerprint density at radius 3 is 0.581 bits per heavy atom. The number of carbonyl (C=O) groups is 3. The third kappa shape index (κ3) is 61.3. The Morgan fingerprint density at radius 1 is 0.230 bits per heavy atom. The van der Waals surface area contributed by atoms with E-state index in [9.17, 15) is 14.4 Å². The monoisotopic (exact) mass is 1050 g/mol. The molecular formula is C68H132O6. The predicted octanol–water partition coefficient (Wildman–Crippen LogP) is 22.6. The summed E-state index contributed by atoms with van der Waals surface area (Å²) < 4.78 is 17.0. The molecule has 6 nitrogen and oxygen atoms in total. The Balaban J connectivity index is 4.28. The van der Waals surface area contributed by atoms with Gasteiger partial charge in [0.2, 0.25) is 0 Å². The summed E-state index contributed by atoms with van der Waals surface area (Å²) in [4.78, 5) is 38.4. The summed E-state index contributed by atoms with van der Waals surface area (Å²) in [7, 11) is 0. The molecule has 0 spiro atoms. The Kier molecular flexibility index (Phi) is 57.8. The van der Waals surface area contributed by atoms with E-state index in [0.29, 0.717) is 19.3 Å². The Morgan fingerprint density at radius 2 is 0.392 bits per heavy atom. The van der Waals surface area contributed by atoms with Crippen molar-refractivity contribution >= 4 is 17.9 Å². The molecule has 0 radical (unpaired) electrons. The quantitative estimate of drug-likeness (QED) is 0.0343. The van der Waals surface area contributed by atoms with Crippen LogP contribution in [0.4, 0.5) is 0 Å². The van der Waals surface area contributed by atoms with Crippen LogP contribution in [0.25, 0.3) is 0 Å². The molecule has 1 atom stereocenters. The molecule has 440 valence electrons. The zero-order chi connectivity index (χ0) is 54.1. The van der Waals surface area contributed by atoms with Crippen LogP contribution in [0, 0.1) is 17.8 Å². The van der Waals surface area contributed by atoms with Gasteiger partial charge in [-0.3, -0.25) is 14.4 Å². The number of unbranched alkanes of at least 4 members (excludes halogenated alkanes) is 44. The lowest BCUT2D eigenvalue weighted by atomic mass is 10.0. The minimum absolute atomic E-state index is 0.0621. The van der Waals surface area contributed by atoms with Crippen molar-refractivity contribution in [2.75, 3.05) is 13.2 Å². The minimum Gasteiger partial charge on any atom is -0.462 e. The van der Waals surface area contributed by atoms with E-state index in [-0.39, 0.29) is 31.1 Å². The van der Waals surface area contributed by atoms with E-state index in [1.165, 1.54) is 263 Å². The summed E-state index contributed by atoms with van der Waals surface area (Å²) in [6, 6.07) is 0. The van der Waals surface area contributed by atoms with Crippen molar-refractivity contribution in [1.82, 2.24) is 0 Å². The first-order valence-electron chi connectivity index (χ1n) is 33.6. The largest absolute Gasteiger partial charge is 0.462 e. The van der Waals surface area contributed by atoms with Crippen LogP contribution in [0.3, 0.4) is 0 Å². The molecule has 0 aliphatic rings. The summed E-state index contributed by atoms with van der Waals surface area (Å²) in [6.07, 6.45) is 65.4. The van der Waals surface area contributed by atoms with Crippen molar-refractivity contribution in [3.05, 3.63) is 0 Å². The molecule has 0 aliphatic carbocycles. The summed E-state index contributed by atoms with van der Waals surface area (Å²) >= 11 is 0. The molecule has 0 aromatic carbocycles. The van der Waals surface area contributed by atoms with Crippen LogP contribution in [0.15, 0.2) is 0 Å². The number of hydrogen-bond acceptors (Lipinski definition) is 6. The molecule has 0 saturated carbocycles. The molecule has 0 aliphatic heterocycles. The fraction of sp³-hybridized carbons (Fsp3) is 0.956. The zero-order valence-corrected chi connectivity index (χ0v) is 51.1. The second-order valence-corrected chi connectivity index (χ2v) is 24.9. The van der Waals surface area contributed by atoms with Gasteiger partial charge in [-0.25, -0.2) is 0 Å². The smallest absolute Gasteiger partial charge is 0.306 e. The molecule has 0 fully saturated rings. The molecule has 0 heterocycles. The zero-order valence-electron chi connectivity index (χ0n) is 51.1. The molecule has 0 unspecified atom stereocenters. The van der Waals surface area contributed by atoms with Crippen LogP contribution in [0.5, 0.6) is 0 Å². The molecule has 0 aromatic rings. The van der Waals surface area contributed by atoms with Gasteiger partial charge >= 0.3 is 17.9 Å². The van der Waals surface area contributed by atoms with E-state index in [4.69, 9.17) is 14.2 Å². The van der Waals surface area contributed by atoms with Gasteiger partial charge in [0.25, 0.3) is 0 Å². The minimum atomic E-state index is -0.765. The lowest BCUT2D eigenvalue weighted by molar-refractivity contribution is -0.167. The average molecular weight is 1050 g/mol. The van der Waals surface area contributed by atoms with Gasteiger partial charge in [-0.1, -0.05) is 343 Å². The predicted molar refractivity (Wildman–Crippen MR) is 321 cm³/mol. The summed E-state index contributed by atoms with van der Waals surface area (Å²) in [5.74, 6) is 1.72. The highest BCUT2D eigenvalue weighted by Gasteiger charge is 2.20. The van der Waals surface area contributed by atoms with Crippen LogP contribution in [-0.2, 0) is 28.6 Å². The van der Waals surface area contributed by atoms with Crippen LogP contribution in [0.2, 0.25) is 0 Å². The Bertz CT molecular complexity index is 1150. The van der Waals surface area contributed by atoms with E-state index >= 15 is 0 Å². The maximum Gasteiger partial charge on any atom is 0.306 e. The fourth-order valence-corrected chi connectivity index (χ4v) is 10.6. The van der Waals surface area contributed by atoms with Gasteiger partial charge < -0.3 is 14.2 Å². The lowest BCUT2D eigenvalue weighted by Crippen LogP contribution is -2.30. The number of esters is 3. The van der Waals surface area contributed by atoms with E-state index < -0.39 is 6.10 Å². The number of rotatable bonds is 61. The molecule has 6 heteroatoms. The standard InChI is InChI=1S/C68H132O6/c1-62(2)54-48-42-36-30-24-18-12-9-7-8-10-14-21-27-33-39-45-51-57-66(69)72-60-65(61-73-67(70)58-52-46-40-34-28-22-17-16-20-26-32-38-44-50-56-64(5)6)74-68(71)59-53-47-41-35-29-23-15-11-13-19-25-31-37-43-49-55-63(3)4/h62-65H,7-61H2,1-6H3/t65-/m0/s1. The normalized spacial score (nSPS) is 12.1. The van der Waals surface area contributed by atoms with Crippen LogP contribution in [0.1, 0.15) is 382 Å². The van der Waals surface area contributed by atoms with Crippen molar-refractivity contribution < 1.29 is 28.6 Å². The lowest BCUT2D eigenvalue weighted by Gasteiger charge is -2.18. The van der Waals surface area contributed by atoms with Crippen molar-refractivity contribution in [1.29, 1.82) is 0 Å². The fourth-order valence-electron chi connectivity index (χ4n) is 10.6. The Hall–Kier alpha value is -1.59. The number of carbonyl (C=O) groups excluding carboxylic acids is 3. The van der Waals surface area contributed by atoms with Crippen LogP contribution < -0.4 is 0 Å². The van der Waals surface area contributed by atoms with Gasteiger partial charge in [0.1, 0.15) is 13.2 Å². The summed E-state index contributed by atoms with van der Waals surface area (Å²) in [6.45, 7) is 13.8. The highest BCUT2D eigenvalue weighted by Crippen LogP contribution is 2.20. The number of hydrogen-bond donors (Lipinski definition) is 0. The first-order chi connectivity index (χ1) is 36.1. The van der Waals surface area contributed by atoms with Crippen molar-refractivity contribution in [3.63, 3.8) is 0 Å². The van der Waals surface area contributed by atoms with Crippen molar-refractivity contribution in [2.45, 2.75) is 388 Å². The maximum atomic E-state index is 12.9. The van der Waals surface area contributed by atoms with Gasteiger partial charge in [-0.05, 0) is 37.0 Å². The average Bonchev–Trinajstić information content (AvgIpc) is 3.36. The summed E-state index contributed by atoms with van der Waals surface area (Å²) in [5, 5.41) is 0. The molecule has 0 aromatic heterocycles. The van der Waals surface area contributed by atoms with Gasteiger partial charge in [0.15, 0.2) is 6.10 Å². The second kappa shape index (κ2) is 59.1. The molecule has 74 heavy (non-hydrogen) atoms. The first kappa shape index (κ1) is 72.4. The third-order valence-electron chi connectivity index (χ3n) is 15.6. The molecule has 0 N–H and O–H groups in total. The summed E-state index contributed by atoms with van der Waals surface area (Å²) in [5.41, 5.74) is 0. The van der Waals surface area contributed by atoms with Gasteiger partial charge in [0.05, 0.1) is 0 Å². The Labute approximate surface area is 463 Å². The van der Waals surface area contributed by atoms with Gasteiger partial charge in [-0.15, -0.1) is 0 Å². The molecule has 0 bridgehead atoms. The highest BCUT2D eigenvalue weighted by molar-refractivity contribution is 5.71. The molecule has 0 amide bonds. The van der Waals surface area contributed by atoms with Crippen molar-refractivity contribution in [3.8, 4) is 0 Å². The third-order valence-corrected chi connectivity index (χ3v) is 15.6. The van der Waals surface area contributed by atoms with Crippen LogP contribution in [-0.4, -0.2) is 37.2 Å². The van der Waals surface area contributed by atoms with E-state index in [0.717, 1.165) is 75.5 Å². The van der Waals surface area contributed by atoms with Crippen LogP contribution >= 0.6 is 0 Å². The van der Waals surface area contributed by atoms with Gasteiger partial charge in [-0.2, -0.15) is 0 Å².